The van der Waals surface area contributed by atoms with E-state index in [1.165, 1.54) is 0 Å². The summed E-state index contributed by atoms with van der Waals surface area (Å²) in [5.74, 6) is -0.588. The van der Waals surface area contributed by atoms with Crippen LogP contribution in [0.25, 0.3) is 0 Å². The van der Waals surface area contributed by atoms with E-state index >= 15 is 0 Å². The molecular formula is C5H12N2O3P+. The van der Waals surface area contributed by atoms with Gasteiger partial charge in [0.05, 0.1) is 0 Å². The van der Waals surface area contributed by atoms with Gasteiger partial charge in [0.25, 0.3) is 0 Å². The van der Waals surface area contributed by atoms with Gasteiger partial charge in [-0.3, -0.25) is 0 Å². The third kappa shape index (κ3) is 4.84. The topological polar surface area (TPSA) is 81.4 Å². The largest absolute Gasteiger partial charge is 0.663 e. The third-order valence-electron chi connectivity index (χ3n) is 1.04. The summed E-state index contributed by atoms with van der Waals surface area (Å²) in [5, 5.41) is 2.79. The van der Waals surface area contributed by atoms with E-state index < -0.39 is 20.2 Å². The van der Waals surface area contributed by atoms with Crippen LogP contribution < -0.4 is 10.8 Å². The summed E-state index contributed by atoms with van der Waals surface area (Å²) in [6.07, 6.45) is 0. The van der Waals surface area contributed by atoms with Crippen molar-refractivity contribution in [1.29, 1.82) is 0 Å². The summed E-state index contributed by atoms with van der Waals surface area (Å²) in [6.45, 7) is 4.12. The van der Waals surface area contributed by atoms with Crippen molar-refractivity contribution in [3.8, 4) is 0 Å². The van der Waals surface area contributed by atoms with Crippen LogP contribution in [0.2, 0.25) is 0 Å². The Hall–Kier alpha value is -0.510. The molecule has 0 rings (SSSR count). The molecule has 0 bridgehead atoms. The second-order valence-electron chi connectivity index (χ2n) is 1.98. The van der Waals surface area contributed by atoms with E-state index in [-0.39, 0.29) is 0 Å². The van der Waals surface area contributed by atoms with Gasteiger partial charge in [-0.1, -0.05) is 12.4 Å². The second kappa shape index (κ2) is 5.18. The fourth-order valence-electron chi connectivity index (χ4n) is 0.557. The van der Waals surface area contributed by atoms with Crippen molar-refractivity contribution >= 4 is 14.1 Å². The molecule has 0 spiro atoms. The first-order valence-corrected chi connectivity index (χ1v) is 4.49. The molecule has 64 valence electrons. The molecule has 0 saturated carbocycles. The van der Waals surface area contributed by atoms with Crippen LogP contribution in [-0.2, 0) is 13.9 Å². The molecule has 0 fully saturated rings. The van der Waals surface area contributed by atoms with E-state index in [0.29, 0.717) is 6.54 Å². The van der Waals surface area contributed by atoms with Crippen molar-refractivity contribution in [2.45, 2.75) is 19.9 Å². The van der Waals surface area contributed by atoms with Crippen LogP contribution in [0.5, 0.6) is 0 Å². The highest BCUT2D eigenvalue weighted by atomic mass is 31.1. The minimum Gasteiger partial charge on any atom is -0.305 e. The first-order chi connectivity index (χ1) is 5.07. The van der Waals surface area contributed by atoms with Gasteiger partial charge in [-0.05, 0) is 13.5 Å². The molecule has 3 N–H and O–H groups in total. The molecule has 0 aromatic rings. The summed E-state index contributed by atoms with van der Waals surface area (Å²) in [7, 11) is -2.32. The van der Waals surface area contributed by atoms with Crippen LogP contribution in [0.4, 0.5) is 0 Å². The van der Waals surface area contributed by atoms with Crippen molar-refractivity contribution < 1.29 is 13.9 Å². The molecule has 5 nitrogen and oxygen atoms in total. The SMILES string of the molecule is CCN[C@@H](C)C(=O)O[P+](N)=O. The van der Waals surface area contributed by atoms with Crippen molar-refractivity contribution in [3.05, 3.63) is 0 Å². The van der Waals surface area contributed by atoms with Gasteiger partial charge >= 0.3 is 14.1 Å². The normalized spacial score (nSPS) is 13.9. The van der Waals surface area contributed by atoms with Crippen molar-refractivity contribution in [2.24, 2.45) is 5.50 Å². The molecule has 0 amide bonds. The van der Waals surface area contributed by atoms with Gasteiger partial charge in [0.1, 0.15) is 6.04 Å². The lowest BCUT2D eigenvalue weighted by Crippen LogP contribution is -2.34. The Morgan fingerprint density at radius 3 is 2.73 bits per heavy atom. The molecule has 0 aromatic carbocycles. The monoisotopic (exact) mass is 179 g/mol. The lowest BCUT2D eigenvalue weighted by atomic mass is 10.3. The molecule has 0 aliphatic heterocycles. The van der Waals surface area contributed by atoms with Crippen LogP contribution in [0.1, 0.15) is 13.8 Å². The molecule has 0 aliphatic rings. The molecule has 6 heteroatoms. The first-order valence-electron chi connectivity index (χ1n) is 3.25. The zero-order valence-corrected chi connectivity index (χ0v) is 7.43. The number of likely N-dealkylation sites (N-methyl/N-ethyl adjacent to an activating group) is 1. The number of hydrogen-bond donors (Lipinski definition) is 2. The molecule has 0 aliphatic carbocycles. The maximum atomic E-state index is 10.8. The Balaban J connectivity index is 3.73. The Kier molecular flexibility index (Phi) is 4.94. The lowest BCUT2D eigenvalue weighted by Gasteiger charge is -2.04. The third-order valence-corrected chi connectivity index (χ3v) is 1.40. The molecule has 2 atom stereocenters. The van der Waals surface area contributed by atoms with Gasteiger partial charge in [0.2, 0.25) is 0 Å². The van der Waals surface area contributed by atoms with Crippen molar-refractivity contribution in [1.82, 2.24) is 5.32 Å². The van der Waals surface area contributed by atoms with E-state index in [1.54, 1.807) is 6.92 Å². The molecule has 0 heterocycles. The van der Waals surface area contributed by atoms with Crippen molar-refractivity contribution in [2.75, 3.05) is 6.54 Å². The average Bonchev–Trinajstić information content (AvgIpc) is 1.86. The van der Waals surface area contributed by atoms with Gasteiger partial charge in [-0.2, -0.15) is 4.52 Å². The number of carbonyl (C=O) groups is 1. The van der Waals surface area contributed by atoms with E-state index in [9.17, 15) is 9.36 Å². The van der Waals surface area contributed by atoms with Crippen LogP contribution in [0.3, 0.4) is 0 Å². The highest BCUT2D eigenvalue weighted by Gasteiger charge is 2.22. The van der Waals surface area contributed by atoms with Gasteiger partial charge in [-0.15, -0.1) is 0 Å². The summed E-state index contributed by atoms with van der Waals surface area (Å²) in [5.41, 5.74) is 4.77. The van der Waals surface area contributed by atoms with Crippen LogP contribution in [0, 0.1) is 0 Å². The summed E-state index contributed by atoms with van der Waals surface area (Å²) in [4.78, 5) is 10.8. The van der Waals surface area contributed by atoms with Gasteiger partial charge in [0.15, 0.2) is 0 Å². The van der Waals surface area contributed by atoms with Gasteiger partial charge in [0, 0.05) is 4.57 Å². The second-order valence-corrected chi connectivity index (χ2v) is 2.73. The van der Waals surface area contributed by atoms with E-state index in [2.05, 4.69) is 9.84 Å². The Labute approximate surface area is 66.2 Å². The molecule has 0 saturated heterocycles. The molecule has 11 heavy (non-hydrogen) atoms. The Bertz CT molecular complexity index is 162. The summed E-state index contributed by atoms with van der Waals surface area (Å²) >= 11 is 0. The van der Waals surface area contributed by atoms with E-state index in [0.717, 1.165) is 0 Å². The fourth-order valence-corrected chi connectivity index (χ4v) is 0.893. The highest BCUT2D eigenvalue weighted by molar-refractivity contribution is 7.36. The summed E-state index contributed by atoms with van der Waals surface area (Å²) < 4.78 is 14.5. The first kappa shape index (κ1) is 10.5. The number of carbonyl (C=O) groups excluding carboxylic acids is 1. The Morgan fingerprint density at radius 2 is 2.36 bits per heavy atom. The van der Waals surface area contributed by atoms with Crippen LogP contribution in [-0.4, -0.2) is 18.6 Å². The minimum absolute atomic E-state index is 0.456. The zero-order chi connectivity index (χ0) is 8.85. The van der Waals surface area contributed by atoms with Crippen molar-refractivity contribution in [3.63, 3.8) is 0 Å². The summed E-state index contributed by atoms with van der Waals surface area (Å²) in [6, 6.07) is -0.456. The van der Waals surface area contributed by atoms with Gasteiger partial charge < -0.3 is 5.32 Å². The quantitative estimate of drug-likeness (QED) is 0.600. The Morgan fingerprint density at radius 1 is 1.82 bits per heavy atom. The van der Waals surface area contributed by atoms with E-state index in [1.807, 2.05) is 6.92 Å². The maximum Gasteiger partial charge on any atom is 0.663 e. The van der Waals surface area contributed by atoms with Crippen LogP contribution in [0.15, 0.2) is 0 Å². The maximum absolute atomic E-state index is 10.8. The number of rotatable bonds is 4. The molecule has 0 aromatic heterocycles. The van der Waals surface area contributed by atoms with E-state index in [4.69, 9.17) is 5.50 Å². The zero-order valence-electron chi connectivity index (χ0n) is 6.53. The predicted molar refractivity (Wildman–Crippen MR) is 41.0 cm³/mol. The lowest BCUT2D eigenvalue weighted by molar-refractivity contribution is -0.135. The smallest absolute Gasteiger partial charge is 0.305 e. The number of nitrogens with one attached hydrogen (secondary N) is 1. The molecular weight excluding hydrogens is 167 g/mol. The predicted octanol–water partition coefficient (Wildman–Crippen LogP) is 0.144. The standard InChI is InChI=1S/C5H12N2O3P/c1-3-7-4(2)5(8)10-11(6)9/h4,7H,3H2,1-2H3,(H2,6,9)/q+1/t4-/m0/s1. The average molecular weight is 179 g/mol. The minimum atomic E-state index is -2.32. The van der Waals surface area contributed by atoms with Gasteiger partial charge in [-0.25, -0.2) is 4.79 Å². The number of nitrogens with two attached hydrogens (primary N) is 1. The van der Waals surface area contributed by atoms with Crippen LogP contribution >= 0.6 is 8.18 Å². The molecule has 0 radical (unpaired) electrons. The fraction of sp³-hybridized carbons (Fsp3) is 0.800. The highest BCUT2D eigenvalue weighted by Crippen LogP contribution is 2.10. The number of hydrogen-bond acceptors (Lipinski definition) is 4. The molecule has 1 unspecified atom stereocenters.